The first kappa shape index (κ1) is 16.1. The Kier molecular flexibility index (Phi) is 3.20. The van der Waals surface area contributed by atoms with Crippen LogP contribution in [0.5, 0.6) is 0 Å². The van der Waals surface area contributed by atoms with Gasteiger partial charge in [0, 0.05) is 24.1 Å². The summed E-state index contributed by atoms with van der Waals surface area (Å²) in [4.78, 5) is 34.6. The molecule has 0 aliphatic heterocycles. The Morgan fingerprint density at radius 2 is 2.00 bits per heavy atom. The first-order valence-electron chi connectivity index (χ1n) is 9.24. The Morgan fingerprint density at radius 1 is 1.10 bits per heavy atom. The number of fused-ring (bicyclic) bond motifs is 4. The average molecular weight is 386 g/mol. The monoisotopic (exact) mass is 386 g/mol. The predicted molar refractivity (Wildman–Crippen MR) is 103 cm³/mol. The number of rotatable bonds is 2. The van der Waals surface area contributed by atoms with Crippen LogP contribution in [0.15, 0.2) is 62.5 Å². The Hall–Kier alpha value is -3.94. The highest BCUT2D eigenvalue weighted by atomic mass is 16.4. The molecular weight excluding hydrogens is 372 g/mol. The number of hydrogen-bond acceptors (Lipinski definition) is 6. The fourth-order valence-corrected chi connectivity index (χ4v) is 4.05. The molecule has 1 unspecified atom stereocenters. The van der Waals surface area contributed by atoms with Crippen molar-refractivity contribution >= 4 is 27.9 Å². The fourth-order valence-electron chi connectivity index (χ4n) is 4.05. The zero-order chi connectivity index (χ0) is 19.5. The lowest BCUT2D eigenvalue weighted by Gasteiger charge is -2.21. The van der Waals surface area contributed by atoms with Crippen LogP contribution in [0.1, 0.15) is 34.0 Å². The van der Waals surface area contributed by atoms with E-state index in [9.17, 15) is 9.59 Å². The first-order chi connectivity index (χ1) is 14.2. The van der Waals surface area contributed by atoms with Gasteiger partial charge in [-0.3, -0.25) is 14.7 Å². The third-order valence-corrected chi connectivity index (χ3v) is 5.42. The molecule has 0 saturated heterocycles. The lowest BCUT2D eigenvalue weighted by atomic mass is 9.81. The average Bonchev–Trinajstić information content (AvgIpc) is 3.46. The Balaban J connectivity index is 1.55. The van der Waals surface area contributed by atoms with Crippen LogP contribution in [0.2, 0.25) is 0 Å². The molecule has 0 bridgehead atoms. The summed E-state index contributed by atoms with van der Waals surface area (Å²) in [7, 11) is 0. The molecule has 0 amide bonds. The molecule has 6 rings (SSSR count). The van der Waals surface area contributed by atoms with Crippen LogP contribution in [0, 0.1) is 0 Å². The number of carbonyl (C=O) groups excluding carboxylic acids is 1. The van der Waals surface area contributed by atoms with Crippen molar-refractivity contribution < 1.29 is 13.6 Å². The number of aromatic nitrogens is 4. The normalized spacial score (nSPS) is 16.6. The summed E-state index contributed by atoms with van der Waals surface area (Å²) in [5.41, 5.74) is 2.45. The Bertz CT molecular complexity index is 1420. The highest BCUT2D eigenvalue weighted by Gasteiger charge is 2.31. The van der Waals surface area contributed by atoms with Crippen LogP contribution in [0.4, 0.5) is 0 Å². The lowest BCUT2D eigenvalue weighted by Crippen LogP contribution is -2.21. The van der Waals surface area contributed by atoms with Gasteiger partial charge >= 0.3 is 6.01 Å². The minimum absolute atomic E-state index is 0.0453. The fraction of sp³-hybridized carbons (Fsp3) is 0.143. The zero-order valence-electron chi connectivity index (χ0n) is 15.1. The van der Waals surface area contributed by atoms with E-state index < -0.39 is 0 Å². The third kappa shape index (κ3) is 2.32. The minimum Gasteiger partial charge on any atom is -0.469 e. The maximum atomic E-state index is 13.2. The molecular formula is C21H14N4O4. The maximum absolute atomic E-state index is 13.2. The molecule has 8 nitrogen and oxygen atoms in total. The van der Waals surface area contributed by atoms with Gasteiger partial charge in [-0.05, 0) is 36.2 Å². The molecule has 1 aliphatic rings. The van der Waals surface area contributed by atoms with Crippen molar-refractivity contribution in [3.8, 4) is 6.01 Å². The second kappa shape index (κ2) is 5.78. The largest absolute Gasteiger partial charge is 0.469 e. The van der Waals surface area contributed by atoms with Crippen LogP contribution in [-0.2, 0) is 6.42 Å². The number of nitrogens with one attached hydrogen (secondary N) is 1. The van der Waals surface area contributed by atoms with Crippen LogP contribution in [0.25, 0.3) is 28.1 Å². The highest BCUT2D eigenvalue weighted by Crippen LogP contribution is 2.35. The number of carbonyl (C=O) groups is 1. The molecule has 0 radical (unpaired) electrons. The summed E-state index contributed by atoms with van der Waals surface area (Å²) in [5, 5.41) is 3.34. The first-order valence-corrected chi connectivity index (χ1v) is 9.24. The van der Waals surface area contributed by atoms with Gasteiger partial charge in [-0.1, -0.05) is 12.1 Å². The number of ketones is 1. The number of pyridine rings is 1. The number of hydrogen-bond donors (Lipinski definition) is 1. The van der Waals surface area contributed by atoms with Crippen molar-refractivity contribution in [3.63, 3.8) is 0 Å². The van der Waals surface area contributed by atoms with Gasteiger partial charge in [-0.25, -0.2) is 4.98 Å². The summed E-state index contributed by atoms with van der Waals surface area (Å²) in [6.45, 7) is 0. The predicted octanol–water partition coefficient (Wildman–Crippen LogP) is 3.36. The van der Waals surface area contributed by atoms with Crippen molar-refractivity contribution in [2.45, 2.75) is 18.8 Å². The van der Waals surface area contributed by atoms with Gasteiger partial charge < -0.3 is 8.83 Å². The molecule has 142 valence electrons. The van der Waals surface area contributed by atoms with Crippen molar-refractivity contribution in [1.82, 2.24) is 19.7 Å². The van der Waals surface area contributed by atoms with Crippen molar-refractivity contribution in [2.75, 3.05) is 0 Å². The zero-order valence-corrected chi connectivity index (χ0v) is 15.1. The number of Topliss-reactive ketones (excluding diaryl/α,β-unsaturated/α-hetero) is 1. The van der Waals surface area contributed by atoms with E-state index in [-0.39, 0.29) is 23.3 Å². The van der Waals surface area contributed by atoms with Gasteiger partial charge in [-0.2, -0.15) is 9.67 Å². The van der Waals surface area contributed by atoms with Crippen LogP contribution in [0.3, 0.4) is 0 Å². The van der Waals surface area contributed by atoms with E-state index in [0.29, 0.717) is 46.1 Å². The molecule has 0 fully saturated rings. The van der Waals surface area contributed by atoms with Crippen LogP contribution in [-0.4, -0.2) is 25.5 Å². The van der Waals surface area contributed by atoms with E-state index in [4.69, 9.17) is 8.83 Å². The van der Waals surface area contributed by atoms with E-state index >= 15 is 0 Å². The quantitative estimate of drug-likeness (QED) is 0.498. The van der Waals surface area contributed by atoms with Gasteiger partial charge in [0.15, 0.2) is 17.0 Å². The number of benzene rings is 1. The van der Waals surface area contributed by atoms with Gasteiger partial charge in [0.1, 0.15) is 11.3 Å². The molecule has 8 heteroatoms. The van der Waals surface area contributed by atoms with E-state index in [1.165, 1.54) is 10.9 Å². The van der Waals surface area contributed by atoms with Crippen molar-refractivity contribution in [1.29, 1.82) is 0 Å². The van der Waals surface area contributed by atoms with Crippen molar-refractivity contribution in [3.05, 3.63) is 76.1 Å². The van der Waals surface area contributed by atoms with Gasteiger partial charge in [0.25, 0.3) is 5.56 Å². The summed E-state index contributed by atoms with van der Waals surface area (Å²) < 4.78 is 12.5. The second-order valence-electron chi connectivity index (χ2n) is 7.13. The molecule has 1 atom stereocenters. The second-order valence-corrected chi connectivity index (χ2v) is 7.13. The number of H-pyrrole nitrogens is 1. The summed E-state index contributed by atoms with van der Waals surface area (Å²) >= 11 is 0. The summed E-state index contributed by atoms with van der Waals surface area (Å²) in [6, 6.07) is 11.1. The van der Waals surface area contributed by atoms with E-state index in [1.807, 2.05) is 24.3 Å². The smallest absolute Gasteiger partial charge is 0.325 e. The Labute approximate surface area is 162 Å². The molecule has 0 spiro atoms. The number of aromatic amines is 1. The number of furan rings is 1. The molecule has 4 heterocycles. The number of para-hydroxylation sites is 2. The molecule has 0 saturated carbocycles. The molecule has 1 aliphatic carbocycles. The minimum atomic E-state index is -0.344. The summed E-state index contributed by atoms with van der Waals surface area (Å²) in [5.74, 6) is 0.586. The van der Waals surface area contributed by atoms with Gasteiger partial charge in [-0.15, -0.1) is 0 Å². The number of nitrogens with zero attached hydrogens (tertiary/aromatic N) is 3. The lowest BCUT2D eigenvalue weighted by molar-refractivity contribution is 0.0960. The molecule has 1 N–H and O–H groups in total. The van der Waals surface area contributed by atoms with E-state index in [0.717, 1.165) is 5.76 Å². The molecule has 4 aromatic heterocycles. The molecule has 29 heavy (non-hydrogen) atoms. The van der Waals surface area contributed by atoms with Crippen LogP contribution >= 0.6 is 0 Å². The maximum Gasteiger partial charge on any atom is 0.325 e. The van der Waals surface area contributed by atoms with Gasteiger partial charge in [0.05, 0.1) is 11.6 Å². The highest BCUT2D eigenvalue weighted by molar-refractivity contribution is 6.02. The summed E-state index contributed by atoms with van der Waals surface area (Å²) in [6.07, 6.45) is 3.98. The topological polar surface area (TPSA) is 107 Å². The Morgan fingerprint density at radius 3 is 2.83 bits per heavy atom. The third-order valence-electron chi connectivity index (χ3n) is 5.42. The van der Waals surface area contributed by atoms with E-state index in [1.54, 1.807) is 18.4 Å². The SMILES string of the molecule is O=C1CC(c2ccco2)Cc2c1cnc1[nH]n(-c3nc4ccccc4o3)c(=O)c21. The molecule has 5 aromatic rings. The molecule has 1 aromatic carbocycles. The van der Waals surface area contributed by atoms with Crippen LogP contribution < -0.4 is 5.56 Å². The van der Waals surface area contributed by atoms with E-state index in [2.05, 4.69) is 15.1 Å². The standard InChI is InChI=1S/C21H14N4O4/c26-15-9-11(16-6-3-7-28-16)8-12-13(15)10-22-19-18(12)20(27)25(24-19)21-23-14-4-1-2-5-17(14)29-21/h1-7,10-11H,8-9H2,(H,22,24). The van der Waals surface area contributed by atoms with Crippen molar-refractivity contribution in [2.24, 2.45) is 0 Å². The number of oxazole rings is 1. The van der Waals surface area contributed by atoms with Gasteiger partial charge in [0.2, 0.25) is 0 Å².